The van der Waals surface area contributed by atoms with Gasteiger partial charge in [-0.3, -0.25) is 5.32 Å². The van der Waals surface area contributed by atoms with Gasteiger partial charge in [-0.25, -0.2) is 0 Å². The first-order chi connectivity index (χ1) is 6.84. The third kappa shape index (κ3) is 3.86. The van der Waals surface area contributed by atoms with E-state index in [0.29, 0.717) is 0 Å². The summed E-state index contributed by atoms with van der Waals surface area (Å²) in [6.07, 6.45) is 10.9. The highest BCUT2D eigenvalue weighted by molar-refractivity contribution is 5.10. The highest BCUT2D eigenvalue weighted by atomic mass is 16.5. The zero-order valence-corrected chi connectivity index (χ0v) is 9.25. The Morgan fingerprint density at radius 2 is 2.00 bits per heavy atom. The first-order valence-corrected chi connectivity index (χ1v) is 5.57. The molecule has 0 aromatic heterocycles. The Morgan fingerprint density at radius 1 is 1.21 bits per heavy atom. The second-order valence-electron chi connectivity index (χ2n) is 3.70. The van der Waals surface area contributed by atoms with E-state index < -0.39 is 0 Å². The van der Waals surface area contributed by atoms with Gasteiger partial charge in [0.05, 0.1) is 11.9 Å². The maximum atomic E-state index is 5.40. The van der Waals surface area contributed by atoms with Crippen LogP contribution in [0.3, 0.4) is 0 Å². The van der Waals surface area contributed by atoms with Gasteiger partial charge < -0.3 is 4.74 Å². The third-order valence-corrected chi connectivity index (χ3v) is 2.45. The smallest absolute Gasteiger partial charge is 0.124 e. The average Bonchev–Trinajstić information content (AvgIpc) is 2.20. The van der Waals surface area contributed by atoms with Crippen molar-refractivity contribution in [3.05, 3.63) is 23.9 Å². The van der Waals surface area contributed by atoms with E-state index in [9.17, 15) is 0 Å². The van der Waals surface area contributed by atoms with Crippen LogP contribution in [0.15, 0.2) is 23.9 Å². The van der Waals surface area contributed by atoms with Crippen LogP contribution in [0.4, 0.5) is 0 Å². The normalized spacial score (nSPS) is 15.3. The van der Waals surface area contributed by atoms with Crippen molar-refractivity contribution in [2.45, 2.75) is 52.4 Å². The van der Waals surface area contributed by atoms with Crippen LogP contribution >= 0.6 is 0 Å². The molecule has 1 aliphatic rings. The summed E-state index contributed by atoms with van der Waals surface area (Å²) in [6, 6.07) is 0. The van der Waals surface area contributed by atoms with Crippen LogP contribution < -0.4 is 5.32 Å². The lowest BCUT2D eigenvalue weighted by Gasteiger charge is -2.13. The van der Waals surface area contributed by atoms with Crippen LogP contribution in [0.2, 0.25) is 0 Å². The lowest BCUT2D eigenvalue weighted by Crippen LogP contribution is -2.04. The van der Waals surface area contributed by atoms with E-state index in [1.807, 2.05) is 6.92 Å². The maximum Gasteiger partial charge on any atom is 0.124 e. The number of nitrogens with zero attached hydrogens (tertiary/aromatic N) is 1. The molecule has 0 fully saturated rings. The molecule has 1 rings (SSSR count). The van der Waals surface area contributed by atoms with Crippen LogP contribution in [0.25, 0.3) is 0 Å². The summed E-state index contributed by atoms with van der Waals surface area (Å²) in [5.41, 5.74) is 1.03. The Labute approximate surface area is 87.0 Å². The quantitative estimate of drug-likeness (QED) is 0.591. The van der Waals surface area contributed by atoms with Crippen LogP contribution in [-0.4, -0.2) is 0 Å². The molecule has 1 aliphatic heterocycles. The van der Waals surface area contributed by atoms with E-state index in [4.69, 9.17) is 4.74 Å². The Balaban J connectivity index is 2.11. The van der Waals surface area contributed by atoms with Crippen LogP contribution in [0.5, 0.6) is 0 Å². The molecule has 0 aliphatic carbocycles. The largest absolute Gasteiger partial charge is 0.466 e. The van der Waals surface area contributed by atoms with Gasteiger partial charge in [0.25, 0.3) is 0 Å². The fraction of sp³-hybridized carbons (Fsp3) is 0.667. The summed E-state index contributed by atoms with van der Waals surface area (Å²) in [4.78, 5) is 0. The molecule has 0 bridgehead atoms. The predicted molar refractivity (Wildman–Crippen MR) is 58.4 cm³/mol. The van der Waals surface area contributed by atoms with Gasteiger partial charge >= 0.3 is 0 Å². The Kier molecular flexibility index (Phi) is 5.20. The molecular formula is C12H20NO. The van der Waals surface area contributed by atoms with E-state index in [1.165, 1.54) is 32.1 Å². The van der Waals surface area contributed by atoms with Crippen molar-refractivity contribution in [1.82, 2.24) is 5.32 Å². The zero-order valence-electron chi connectivity index (χ0n) is 9.25. The molecule has 79 valence electrons. The number of rotatable bonds is 6. The number of allylic oxidation sites excluding steroid dienone is 2. The number of hydrogen-bond donors (Lipinski definition) is 0. The topological polar surface area (TPSA) is 23.3 Å². The Hall–Kier alpha value is -0.920. The minimum atomic E-state index is 1.03. The van der Waals surface area contributed by atoms with E-state index in [-0.39, 0.29) is 0 Å². The van der Waals surface area contributed by atoms with Crippen molar-refractivity contribution in [2.75, 3.05) is 0 Å². The maximum absolute atomic E-state index is 5.40. The van der Waals surface area contributed by atoms with Gasteiger partial charge in [-0.05, 0) is 13.3 Å². The minimum absolute atomic E-state index is 1.03. The summed E-state index contributed by atoms with van der Waals surface area (Å²) < 4.78 is 5.40. The molecule has 0 aromatic rings. The van der Waals surface area contributed by atoms with Gasteiger partial charge in [0.1, 0.15) is 12.0 Å². The van der Waals surface area contributed by atoms with Crippen molar-refractivity contribution >= 4 is 0 Å². The molecule has 0 atom stereocenters. The lowest BCUT2D eigenvalue weighted by atomic mass is 10.1. The SMILES string of the molecule is CCCCCCCC1=C(C)[N]C=CO1. The average molecular weight is 194 g/mol. The monoisotopic (exact) mass is 194 g/mol. The summed E-state index contributed by atoms with van der Waals surface area (Å²) in [5.74, 6) is 1.05. The molecule has 2 heteroatoms. The number of ether oxygens (including phenoxy) is 1. The zero-order chi connectivity index (χ0) is 10.2. The number of hydrogen-bond acceptors (Lipinski definition) is 1. The second-order valence-corrected chi connectivity index (χ2v) is 3.70. The molecule has 0 N–H and O–H groups in total. The molecule has 2 nitrogen and oxygen atoms in total. The molecule has 0 aromatic carbocycles. The lowest BCUT2D eigenvalue weighted by molar-refractivity contribution is 0.308. The first-order valence-electron chi connectivity index (χ1n) is 5.57. The van der Waals surface area contributed by atoms with Crippen molar-refractivity contribution in [2.24, 2.45) is 0 Å². The summed E-state index contributed by atoms with van der Waals surface area (Å²) in [5, 5.41) is 4.20. The molecule has 0 saturated heterocycles. The molecule has 1 heterocycles. The molecular weight excluding hydrogens is 174 g/mol. The van der Waals surface area contributed by atoms with Crippen LogP contribution in [0.1, 0.15) is 52.4 Å². The van der Waals surface area contributed by atoms with Gasteiger partial charge in [-0.15, -0.1) is 0 Å². The van der Waals surface area contributed by atoms with Crippen molar-refractivity contribution in [1.29, 1.82) is 0 Å². The Morgan fingerprint density at radius 3 is 2.71 bits per heavy atom. The molecule has 14 heavy (non-hydrogen) atoms. The van der Waals surface area contributed by atoms with Gasteiger partial charge in [-0.1, -0.05) is 32.6 Å². The number of unbranched alkanes of at least 4 members (excludes halogenated alkanes) is 4. The summed E-state index contributed by atoms with van der Waals surface area (Å²) in [6.45, 7) is 4.24. The predicted octanol–water partition coefficient (Wildman–Crippen LogP) is 3.68. The van der Waals surface area contributed by atoms with Gasteiger partial charge in [0.2, 0.25) is 0 Å². The fourth-order valence-corrected chi connectivity index (χ4v) is 1.54. The highest BCUT2D eigenvalue weighted by Crippen LogP contribution is 2.17. The molecule has 0 saturated carbocycles. The van der Waals surface area contributed by atoms with E-state index in [2.05, 4.69) is 12.2 Å². The van der Waals surface area contributed by atoms with E-state index in [0.717, 1.165) is 17.9 Å². The van der Waals surface area contributed by atoms with Crippen molar-refractivity contribution in [3.63, 3.8) is 0 Å². The van der Waals surface area contributed by atoms with Gasteiger partial charge in [0.15, 0.2) is 0 Å². The Bertz CT molecular complexity index is 218. The molecule has 0 unspecified atom stereocenters. The molecule has 1 radical (unpaired) electrons. The van der Waals surface area contributed by atoms with Crippen LogP contribution in [0, 0.1) is 0 Å². The summed E-state index contributed by atoms with van der Waals surface area (Å²) in [7, 11) is 0. The third-order valence-electron chi connectivity index (χ3n) is 2.45. The first kappa shape index (κ1) is 11.2. The fourth-order valence-electron chi connectivity index (χ4n) is 1.54. The van der Waals surface area contributed by atoms with E-state index in [1.54, 1.807) is 12.5 Å². The molecule has 0 amide bonds. The van der Waals surface area contributed by atoms with Gasteiger partial charge in [-0.2, -0.15) is 0 Å². The minimum Gasteiger partial charge on any atom is -0.466 e. The van der Waals surface area contributed by atoms with Crippen molar-refractivity contribution in [3.8, 4) is 0 Å². The second kappa shape index (κ2) is 6.52. The summed E-state index contributed by atoms with van der Waals surface area (Å²) >= 11 is 0. The standard InChI is InChI=1S/C12H20NO/c1-3-4-5-6-7-8-12-11(2)13-9-10-14-12/h9-10H,3-8H2,1-2H3. The van der Waals surface area contributed by atoms with Gasteiger partial charge in [0, 0.05) is 6.42 Å². The molecule has 0 spiro atoms. The van der Waals surface area contributed by atoms with Crippen LogP contribution in [-0.2, 0) is 4.74 Å². The highest BCUT2D eigenvalue weighted by Gasteiger charge is 2.06. The van der Waals surface area contributed by atoms with E-state index >= 15 is 0 Å². The van der Waals surface area contributed by atoms with Crippen molar-refractivity contribution < 1.29 is 4.74 Å².